The third-order valence-electron chi connectivity index (χ3n) is 3.75. The summed E-state index contributed by atoms with van der Waals surface area (Å²) in [5, 5.41) is 1.57. The van der Waals surface area contributed by atoms with Gasteiger partial charge in [0, 0.05) is 29.5 Å². The van der Waals surface area contributed by atoms with E-state index in [2.05, 4.69) is 20.9 Å². The summed E-state index contributed by atoms with van der Waals surface area (Å²) in [6, 6.07) is 15.8. The summed E-state index contributed by atoms with van der Waals surface area (Å²) in [7, 11) is 3.54. The maximum Gasteiger partial charge on any atom is 0.235 e. The molecule has 6 heteroatoms. The van der Waals surface area contributed by atoms with Gasteiger partial charge in [-0.05, 0) is 25.1 Å². The predicted octanol–water partition coefficient (Wildman–Crippen LogP) is 4.63. The Balaban J connectivity index is 2.06. The van der Waals surface area contributed by atoms with Crippen LogP contribution in [0.25, 0.3) is 22.3 Å². The molecule has 3 aromatic rings. The van der Waals surface area contributed by atoms with Crippen molar-refractivity contribution in [1.29, 1.82) is 0 Å². The van der Waals surface area contributed by atoms with Crippen molar-refractivity contribution in [2.75, 3.05) is 14.1 Å². The lowest BCUT2D eigenvalue weighted by Gasteiger charge is -2.17. The molecule has 0 unspecified atom stereocenters. The van der Waals surface area contributed by atoms with Gasteiger partial charge in [0.25, 0.3) is 0 Å². The maximum atomic E-state index is 12.2. The molecule has 4 nitrogen and oxygen atoms in total. The number of halogens is 1. The van der Waals surface area contributed by atoms with Crippen LogP contribution in [0.15, 0.2) is 58.0 Å². The Morgan fingerprint density at radius 3 is 2.44 bits per heavy atom. The molecule has 0 aliphatic carbocycles. The zero-order valence-corrected chi connectivity index (χ0v) is 16.6. The molecular formula is C19H18BrN3OS. The zero-order chi connectivity index (χ0) is 18.0. The second-order valence-electron chi connectivity index (χ2n) is 5.87. The first kappa shape index (κ1) is 17.9. The van der Waals surface area contributed by atoms with E-state index in [0.29, 0.717) is 5.82 Å². The van der Waals surface area contributed by atoms with Crippen LogP contribution < -0.4 is 0 Å². The van der Waals surface area contributed by atoms with Crippen LogP contribution in [0.4, 0.5) is 0 Å². The van der Waals surface area contributed by atoms with E-state index in [1.807, 2.05) is 55.5 Å². The van der Waals surface area contributed by atoms with E-state index in [-0.39, 0.29) is 11.2 Å². The average molecular weight is 416 g/mol. The number of carbonyl (C=O) groups excluding carboxylic acids is 1. The summed E-state index contributed by atoms with van der Waals surface area (Å²) >= 11 is 4.92. The van der Waals surface area contributed by atoms with Crippen molar-refractivity contribution in [3.05, 3.63) is 53.0 Å². The number of carbonyl (C=O) groups is 1. The number of thioether (sulfide) groups is 1. The normalized spacial score (nSPS) is 12.2. The van der Waals surface area contributed by atoms with Gasteiger partial charge in [-0.25, -0.2) is 9.97 Å². The van der Waals surface area contributed by atoms with Crippen molar-refractivity contribution in [3.63, 3.8) is 0 Å². The lowest BCUT2D eigenvalue weighted by molar-refractivity contribution is -0.127. The summed E-state index contributed by atoms with van der Waals surface area (Å²) in [6.07, 6.45) is 0. The number of hydrogen-bond donors (Lipinski definition) is 0. The van der Waals surface area contributed by atoms with E-state index in [1.165, 1.54) is 11.8 Å². The van der Waals surface area contributed by atoms with Crippen LogP contribution in [0.3, 0.4) is 0 Å². The molecule has 2 aromatic carbocycles. The highest BCUT2D eigenvalue weighted by Crippen LogP contribution is 2.31. The van der Waals surface area contributed by atoms with Crippen LogP contribution in [-0.4, -0.2) is 40.1 Å². The van der Waals surface area contributed by atoms with Gasteiger partial charge in [-0.15, -0.1) is 0 Å². The molecule has 1 amide bonds. The van der Waals surface area contributed by atoms with Crippen LogP contribution >= 0.6 is 27.7 Å². The Morgan fingerprint density at radius 1 is 1.08 bits per heavy atom. The molecule has 0 bridgehead atoms. The number of rotatable bonds is 4. The quantitative estimate of drug-likeness (QED) is 0.460. The Kier molecular flexibility index (Phi) is 5.39. The molecule has 1 aromatic heterocycles. The van der Waals surface area contributed by atoms with Gasteiger partial charge in [-0.3, -0.25) is 4.79 Å². The predicted molar refractivity (Wildman–Crippen MR) is 107 cm³/mol. The molecule has 0 saturated heterocycles. The summed E-state index contributed by atoms with van der Waals surface area (Å²) in [6.45, 7) is 1.91. The number of nitrogens with zero attached hydrogens (tertiary/aromatic N) is 3. The molecule has 3 rings (SSSR count). The van der Waals surface area contributed by atoms with Gasteiger partial charge in [-0.2, -0.15) is 0 Å². The third-order valence-corrected chi connectivity index (χ3v) is 5.37. The fourth-order valence-electron chi connectivity index (χ4n) is 2.45. The Morgan fingerprint density at radius 2 is 1.76 bits per heavy atom. The first-order valence-electron chi connectivity index (χ1n) is 7.86. The van der Waals surface area contributed by atoms with Gasteiger partial charge in [0.15, 0.2) is 5.82 Å². The smallest absolute Gasteiger partial charge is 0.235 e. The van der Waals surface area contributed by atoms with Gasteiger partial charge >= 0.3 is 0 Å². The molecule has 0 saturated carbocycles. The molecule has 25 heavy (non-hydrogen) atoms. The second-order valence-corrected chi connectivity index (χ2v) is 8.11. The van der Waals surface area contributed by atoms with E-state index >= 15 is 0 Å². The average Bonchev–Trinajstić information content (AvgIpc) is 2.61. The molecule has 0 N–H and O–H groups in total. The topological polar surface area (TPSA) is 46.1 Å². The standard InChI is InChI=1S/C19H18BrN3OS/c1-12(19(24)23(2)3)25-18-15-6-4-5-7-16(15)21-17(22-18)13-8-10-14(20)11-9-13/h4-12H,1-3H3/t12-/m0/s1. The number of benzene rings is 2. The molecule has 1 atom stereocenters. The fourth-order valence-corrected chi connectivity index (χ4v) is 3.80. The van der Waals surface area contributed by atoms with Crippen molar-refractivity contribution >= 4 is 44.5 Å². The van der Waals surface area contributed by atoms with Crippen molar-refractivity contribution in [3.8, 4) is 11.4 Å². The van der Waals surface area contributed by atoms with E-state index in [1.54, 1.807) is 19.0 Å². The van der Waals surface area contributed by atoms with Crippen molar-refractivity contribution in [2.45, 2.75) is 17.2 Å². The molecule has 1 heterocycles. The summed E-state index contributed by atoms with van der Waals surface area (Å²) in [5.41, 5.74) is 1.82. The Labute approximate surface area is 159 Å². The fraction of sp³-hybridized carbons (Fsp3) is 0.211. The molecule has 0 spiro atoms. The maximum absolute atomic E-state index is 12.2. The highest BCUT2D eigenvalue weighted by Gasteiger charge is 2.19. The Bertz CT molecular complexity index is 912. The van der Waals surface area contributed by atoms with E-state index in [4.69, 9.17) is 4.98 Å². The summed E-state index contributed by atoms with van der Waals surface area (Å²) < 4.78 is 1.01. The number of fused-ring (bicyclic) bond motifs is 1. The lowest BCUT2D eigenvalue weighted by atomic mass is 10.2. The van der Waals surface area contributed by atoms with Crippen LogP contribution in [-0.2, 0) is 4.79 Å². The van der Waals surface area contributed by atoms with Crippen molar-refractivity contribution in [1.82, 2.24) is 14.9 Å². The molecule has 0 aliphatic rings. The van der Waals surface area contributed by atoms with Gasteiger partial charge in [-0.1, -0.05) is 58.0 Å². The van der Waals surface area contributed by atoms with Crippen molar-refractivity contribution < 1.29 is 4.79 Å². The SMILES string of the molecule is C[C@H](Sc1nc(-c2ccc(Br)cc2)nc2ccccc12)C(=O)N(C)C. The van der Waals surface area contributed by atoms with E-state index in [0.717, 1.165) is 26.0 Å². The van der Waals surface area contributed by atoms with E-state index < -0.39 is 0 Å². The summed E-state index contributed by atoms with van der Waals surface area (Å²) in [5.74, 6) is 0.732. The lowest BCUT2D eigenvalue weighted by Crippen LogP contribution is -2.29. The number of amides is 1. The van der Waals surface area contributed by atoms with Crippen LogP contribution in [0.2, 0.25) is 0 Å². The number of para-hydroxylation sites is 1. The minimum atomic E-state index is -0.217. The second kappa shape index (κ2) is 7.54. The third kappa shape index (κ3) is 4.02. The minimum absolute atomic E-state index is 0.0675. The monoisotopic (exact) mass is 415 g/mol. The zero-order valence-electron chi connectivity index (χ0n) is 14.2. The molecule has 0 fully saturated rings. The minimum Gasteiger partial charge on any atom is -0.348 e. The largest absolute Gasteiger partial charge is 0.348 e. The van der Waals surface area contributed by atoms with Gasteiger partial charge in [0.1, 0.15) is 5.03 Å². The first-order chi connectivity index (χ1) is 12.0. The molecule has 0 aliphatic heterocycles. The summed E-state index contributed by atoms with van der Waals surface area (Å²) in [4.78, 5) is 23.3. The van der Waals surface area contributed by atoms with Gasteiger partial charge in [0.05, 0.1) is 10.8 Å². The van der Waals surface area contributed by atoms with Crippen LogP contribution in [0, 0.1) is 0 Å². The van der Waals surface area contributed by atoms with E-state index in [9.17, 15) is 4.79 Å². The van der Waals surface area contributed by atoms with Crippen LogP contribution in [0.5, 0.6) is 0 Å². The molecular weight excluding hydrogens is 398 g/mol. The highest BCUT2D eigenvalue weighted by molar-refractivity contribution is 9.10. The van der Waals surface area contributed by atoms with Crippen LogP contribution in [0.1, 0.15) is 6.92 Å². The van der Waals surface area contributed by atoms with Gasteiger partial charge < -0.3 is 4.90 Å². The van der Waals surface area contributed by atoms with Gasteiger partial charge in [0.2, 0.25) is 5.91 Å². The number of hydrogen-bond acceptors (Lipinski definition) is 4. The highest BCUT2D eigenvalue weighted by atomic mass is 79.9. The Hall–Kier alpha value is -1.92. The number of aromatic nitrogens is 2. The molecule has 128 valence electrons. The molecule has 0 radical (unpaired) electrons. The van der Waals surface area contributed by atoms with Crippen molar-refractivity contribution in [2.24, 2.45) is 0 Å². The first-order valence-corrected chi connectivity index (χ1v) is 9.53.